The monoisotopic (exact) mass is 541 g/mol. The molecule has 1 aliphatic rings. The Kier molecular flexibility index (Phi) is 8.49. The molecule has 0 spiro atoms. The number of carbonyl (C=O) groups excluding carboxylic acids is 1. The van der Waals surface area contributed by atoms with Gasteiger partial charge in [-0.3, -0.25) is 9.48 Å². The van der Waals surface area contributed by atoms with E-state index in [0.717, 1.165) is 5.69 Å². The molecule has 2 aromatic rings. The van der Waals surface area contributed by atoms with Crippen molar-refractivity contribution in [3.8, 4) is 5.75 Å². The summed E-state index contributed by atoms with van der Waals surface area (Å²) in [5.41, 5.74) is 5.27. The topological polar surface area (TPSA) is 85.4 Å². The number of anilines is 1. The van der Waals surface area contributed by atoms with E-state index in [2.05, 4.69) is 15.3 Å². The van der Waals surface area contributed by atoms with Crippen molar-refractivity contribution in [2.75, 3.05) is 31.6 Å². The van der Waals surface area contributed by atoms with Gasteiger partial charge in [-0.2, -0.15) is 18.3 Å². The minimum atomic E-state index is -4.67. The highest BCUT2D eigenvalue weighted by atomic mass is 35.5. The molecule has 3 N–H and O–H groups in total. The normalized spacial score (nSPS) is 16.0. The summed E-state index contributed by atoms with van der Waals surface area (Å²) in [7, 11) is 1.52. The van der Waals surface area contributed by atoms with E-state index >= 15 is 0 Å². The van der Waals surface area contributed by atoms with Crippen molar-refractivity contribution in [3.05, 3.63) is 38.6 Å². The number of alkyl halides is 3. The molecule has 0 aliphatic carbocycles. The molecule has 34 heavy (non-hydrogen) atoms. The molecular formula is C21H25Cl3F3N5O2. The second-order valence-corrected chi connectivity index (χ2v) is 9.26. The van der Waals surface area contributed by atoms with E-state index in [1.54, 1.807) is 12.1 Å². The number of hydrogen-bond acceptors (Lipinski definition) is 5. The number of rotatable bonds is 7. The van der Waals surface area contributed by atoms with Crippen molar-refractivity contribution in [3.63, 3.8) is 0 Å². The first kappa shape index (κ1) is 26.7. The number of aromatic nitrogens is 2. The molecular weight excluding hydrogens is 518 g/mol. The molecule has 7 nitrogen and oxygen atoms in total. The first-order chi connectivity index (χ1) is 16.0. The van der Waals surface area contributed by atoms with Crippen LogP contribution in [0.15, 0.2) is 12.1 Å². The van der Waals surface area contributed by atoms with Crippen molar-refractivity contribution in [2.45, 2.75) is 38.5 Å². The van der Waals surface area contributed by atoms with Gasteiger partial charge in [-0.25, -0.2) is 0 Å². The summed E-state index contributed by atoms with van der Waals surface area (Å²) in [6.07, 6.45) is -3.37. The van der Waals surface area contributed by atoms with Gasteiger partial charge in [0.1, 0.15) is 5.75 Å². The van der Waals surface area contributed by atoms with Crippen LogP contribution in [0, 0.1) is 12.8 Å². The Morgan fingerprint density at radius 3 is 2.44 bits per heavy atom. The average Bonchev–Trinajstić information content (AvgIpc) is 3.07. The summed E-state index contributed by atoms with van der Waals surface area (Å²) in [4.78, 5) is 14.2. The Hall–Kier alpha value is -1.88. The van der Waals surface area contributed by atoms with E-state index in [1.165, 1.54) is 18.7 Å². The van der Waals surface area contributed by atoms with Crippen molar-refractivity contribution in [2.24, 2.45) is 11.7 Å². The van der Waals surface area contributed by atoms with Gasteiger partial charge in [0, 0.05) is 19.2 Å². The largest absolute Gasteiger partial charge is 0.495 e. The summed E-state index contributed by atoms with van der Waals surface area (Å²) >= 11 is 18.4. The van der Waals surface area contributed by atoms with Gasteiger partial charge in [-0.15, -0.1) is 0 Å². The Morgan fingerprint density at radius 1 is 1.26 bits per heavy atom. The highest BCUT2D eigenvalue weighted by molar-refractivity contribution is 6.37. The van der Waals surface area contributed by atoms with Crippen molar-refractivity contribution < 1.29 is 22.7 Å². The molecule has 1 aromatic heterocycles. The van der Waals surface area contributed by atoms with Gasteiger partial charge in [0.2, 0.25) is 5.91 Å². The highest BCUT2D eigenvalue weighted by Gasteiger charge is 2.39. The third-order valence-electron chi connectivity index (χ3n) is 5.97. The minimum Gasteiger partial charge on any atom is -0.495 e. The zero-order valence-electron chi connectivity index (χ0n) is 18.6. The molecule has 1 aromatic carbocycles. The lowest BCUT2D eigenvalue weighted by molar-refractivity contribution is -0.141. The predicted molar refractivity (Wildman–Crippen MR) is 126 cm³/mol. The molecule has 0 bridgehead atoms. The van der Waals surface area contributed by atoms with Crippen molar-refractivity contribution in [1.82, 2.24) is 15.1 Å². The van der Waals surface area contributed by atoms with Crippen LogP contribution < -0.4 is 20.7 Å². The lowest BCUT2D eigenvalue weighted by Crippen LogP contribution is -2.49. The van der Waals surface area contributed by atoms with Gasteiger partial charge >= 0.3 is 6.18 Å². The zero-order chi connectivity index (χ0) is 25.2. The van der Waals surface area contributed by atoms with Crippen LogP contribution in [0.25, 0.3) is 0 Å². The molecule has 13 heteroatoms. The summed E-state index contributed by atoms with van der Waals surface area (Å²) in [5, 5.41) is 6.96. The van der Waals surface area contributed by atoms with Gasteiger partial charge in [0.05, 0.1) is 52.7 Å². The predicted octanol–water partition coefficient (Wildman–Crippen LogP) is 4.54. The molecule has 1 aliphatic heterocycles. The number of amides is 1. The maximum atomic E-state index is 13.2. The van der Waals surface area contributed by atoms with E-state index in [4.69, 9.17) is 45.3 Å². The number of nitrogens with two attached hydrogens (primary N) is 1. The van der Waals surface area contributed by atoms with Gasteiger partial charge in [0.25, 0.3) is 0 Å². The quantitative estimate of drug-likeness (QED) is 0.537. The smallest absolute Gasteiger partial charge is 0.436 e. The first-order valence-electron chi connectivity index (χ1n) is 10.5. The zero-order valence-corrected chi connectivity index (χ0v) is 20.8. The summed E-state index contributed by atoms with van der Waals surface area (Å²) in [6.45, 7) is 2.48. The summed E-state index contributed by atoms with van der Waals surface area (Å²) in [6, 6.07) is 2.91. The fourth-order valence-corrected chi connectivity index (χ4v) is 4.93. The molecule has 1 unspecified atom stereocenters. The Labute approximate surface area is 210 Å². The molecule has 0 saturated carbocycles. The molecule has 1 amide bonds. The minimum absolute atomic E-state index is 0.0311. The van der Waals surface area contributed by atoms with E-state index in [0.29, 0.717) is 41.7 Å². The maximum absolute atomic E-state index is 13.2. The second-order valence-electron chi connectivity index (χ2n) is 8.07. The van der Waals surface area contributed by atoms with Gasteiger partial charge in [-0.05, 0) is 31.7 Å². The van der Waals surface area contributed by atoms with Crippen LogP contribution in [0.3, 0.4) is 0 Å². The number of nitrogens with zero attached hydrogens (tertiary/aromatic N) is 3. The third-order valence-corrected chi connectivity index (χ3v) is 7.02. The van der Waals surface area contributed by atoms with Crippen LogP contribution in [0.4, 0.5) is 18.9 Å². The van der Waals surface area contributed by atoms with Crippen LogP contribution in [0.1, 0.15) is 24.2 Å². The molecule has 1 atom stereocenters. The number of halogens is 6. The van der Waals surface area contributed by atoms with Crippen molar-refractivity contribution >= 4 is 46.4 Å². The van der Waals surface area contributed by atoms with Crippen LogP contribution in [0.2, 0.25) is 15.1 Å². The Morgan fingerprint density at radius 2 is 1.91 bits per heavy atom. The van der Waals surface area contributed by atoms with Crippen molar-refractivity contribution in [1.29, 1.82) is 0 Å². The SMILES string of the molecule is COc1cc(N2CCC(C(Cn3nc(C(F)(F)F)c(Cl)c3C)NC(=O)CN)CC2)c(Cl)cc1Cl. The number of ether oxygens (including phenoxy) is 1. The molecule has 0 radical (unpaired) electrons. The number of piperidine rings is 1. The number of benzene rings is 1. The number of carbonyl (C=O) groups is 1. The Bertz CT molecular complexity index is 1040. The number of methoxy groups -OCH3 is 1. The first-order valence-corrected chi connectivity index (χ1v) is 11.7. The lowest BCUT2D eigenvalue weighted by atomic mass is 9.88. The van der Waals surface area contributed by atoms with Crippen LogP contribution in [0.5, 0.6) is 5.75 Å². The summed E-state index contributed by atoms with van der Waals surface area (Å²) in [5.74, 6) is 0.0732. The van der Waals surface area contributed by atoms with E-state index in [-0.39, 0.29) is 24.7 Å². The lowest BCUT2D eigenvalue weighted by Gasteiger charge is -2.38. The molecule has 1 fully saturated rings. The number of nitrogens with one attached hydrogen (secondary N) is 1. The van der Waals surface area contributed by atoms with Gasteiger partial charge in [0.15, 0.2) is 5.69 Å². The standard InChI is InChI=1S/C21H25Cl3F3N5O2/c1-11-19(24)20(21(25,26)27)30-32(11)10-15(29-18(33)9-28)12-3-5-31(6-4-12)16-8-17(34-2)14(23)7-13(16)22/h7-8,12,15H,3-6,9-10,28H2,1-2H3,(H,29,33). The molecule has 188 valence electrons. The van der Waals surface area contributed by atoms with E-state index in [9.17, 15) is 18.0 Å². The fourth-order valence-electron chi connectivity index (χ4n) is 4.11. The molecule has 2 heterocycles. The van der Waals surface area contributed by atoms with Crippen LogP contribution in [-0.4, -0.2) is 48.5 Å². The number of hydrogen-bond donors (Lipinski definition) is 2. The fraction of sp³-hybridized carbons (Fsp3) is 0.524. The summed E-state index contributed by atoms with van der Waals surface area (Å²) < 4.78 is 46.2. The Balaban J connectivity index is 1.78. The molecule has 1 saturated heterocycles. The van der Waals surface area contributed by atoms with Gasteiger partial charge < -0.3 is 20.7 Å². The van der Waals surface area contributed by atoms with Crippen LogP contribution >= 0.6 is 34.8 Å². The third kappa shape index (κ3) is 5.84. The van der Waals surface area contributed by atoms with E-state index < -0.39 is 28.8 Å². The van der Waals surface area contributed by atoms with Crippen LogP contribution in [-0.2, 0) is 17.5 Å². The molecule has 3 rings (SSSR count). The van der Waals surface area contributed by atoms with E-state index in [1.807, 2.05) is 0 Å². The maximum Gasteiger partial charge on any atom is 0.436 e. The van der Waals surface area contributed by atoms with Gasteiger partial charge in [-0.1, -0.05) is 34.8 Å². The highest BCUT2D eigenvalue weighted by Crippen LogP contribution is 2.39. The second kappa shape index (κ2) is 10.8. The average molecular weight is 543 g/mol.